The number of nitrogens with zero attached hydrogens (tertiary/aromatic N) is 1. The molecule has 0 aromatic heterocycles. The maximum absolute atomic E-state index is 12.2. The molecule has 2 fully saturated rings. The topological polar surface area (TPSA) is 73.2 Å². The number of hydrogen-bond acceptors (Lipinski definition) is 5. The second-order valence-electron chi connectivity index (χ2n) is 9.32. The lowest BCUT2D eigenvalue weighted by molar-refractivity contribution is -0.179. The van der Waals surface area contributed by atoms with Gasteiger partial charge in [-0.05, 0) is 63.1 Å². The summed E-state index contributed by atoms with van der Waals surface area (Å²) < 4.78 is 6.11. The molecule has 148 valence electrons. The standard InChI is InChI=1S/C22H31NO4/c1-3-23(12-13-5-4-6-13)17-11-14-7-8-15(24)19-18(14)21(2)20(27-19)16(25)9-10-22(17,21)26/h7-8,13,16-17,20,24-26H,3-6,9-12H2,1-2H3. The molecular formula is C22H31NO4. The summed E-state index contributed by atoms with van der Waals surface area (Å²) in [5, 5.41) is 33.2. The Kier molecular flexibility index (Phi) is 3.85. The molecule has 5 nitrogen and oxygen atoms in total. The fourth-order valence-electron chi connectivity index (χ4n) is 6.37. The highest BCUT2D eigenvalue weighted by Gasteiger charge is 2.69. The van der Waals surface area contributed by atoms with Gasteiger partial charge in [-0.25, -0.2) is 0 Å². The summed E-state index contributed by atoms with van der Waals surface area (Å²) >= 11 is 0. The van der Waals surface area contributed by atoms with E-state index in [-0.39, 0.29) is 11.8 Å². The smallest absolute Gasteiger partial charge is 0.165 e. The van der Waals surface area contributed by atoms with E-state index in [2.05, 4.69) is 11.8 Å². The van der Waals surface area contributed by atoms with Crippen LogP contribution < -0.4 is 4.74 Å². The highest BCUT2D eigenvalue weighted by molar-refractivity contribution is 5.61. The molecule has 1 aromatic carbocycles. The largest absolute Gasteiger partial charge is 0.504 e. The van der Waals surface area contributed by atoms with Crippen LogP contribution in [0.25, 0.3) is 0 Å². The molecule has 3 N–H and O–H groups in total. The van der Waals surface area contributed by atoms with E-state index in [4.69, 9.17) is 4.74 Å². The number of likely N-dealkylation sites (N-methyl/N-ethyl adjacent to an activating group) is 1. The normalized spacial score (nSPS) is 39.8. The first-order valence-electron chi connectivity index (χ1n) is 10.6. The van der Waals surface area contributed by atoms with Gasteiger partial charge in [-0.15, -0.1) is 0 Å². The van der Waals surface area contributed by atoms with Crippen molar-refractivity contribution >= 4 is 0 Å². The van der Waals surface area contributed by atoms with Gasteiger partial charge in [-0.1, -0.05) is 19.4 Å². The van der Waals surface area contributed by atoms with Gasteiger partial charge in [0.2, 0.25) is 0 Å². The van der Waals surface area contributed by atoms with Gasteiger partial charge in [0.15, 0.2) is 11.5 Å². The minimum Gasteiger partial charge on any atom is -0.504 e. The van der Waals surface area contributed by atoms with Crippen LogP contribution in [0.4, 0.5) is 0 Å². The minimum atomic E-state index is -0.970. The number of aromatic hydroxyl groups is 1. The Morgan fingerprint density at radius 1 is 1.26 bits per heavy atom. The lowest BCUT2D eigenvalue weighted by Crippen LogP contribution is -2.72. The van der Waals surface area contributed by atoms with E-state index in [9.17, 15) is 15.3 Å². The van der Waals surface area contributed by atoms with Gasteiger partial charge >= 0.3 is 0 Å². The predicted molar refractivity (Wildman–Crippen MR) is 102 cm³/mol. The van der Waals surface area contributed by atoms with Crippen LogP contribution in [0.2, 0.25) is 0 Å². The predicted octanol–water partition coefficient (Wildman–Crippen LogP) is 2.34. The SMILES string of the molecule is CCN(CC1CCC1)C1Cc2ccc(O)c3c2C2(C)C(O3)C(O)CCC12O. The number of phenols is 1. The molecule has 1 heterocycles. The van der Waals surface area contributed by atoms with E-state index in [0.717, 1.165) is 36.6 Å². The van der Waals surface area contributed by atoms with Crippen LogP contribution in [0.15, 0.2) is 12.1 Å². The average Bonchev–Trinajstić information content (AvgIpc) is 2.95. The monoisotopic (exact) mass is 373 g/mol. The van der Waals surface area contributed by atoms with E-state index in [0.29, 0.717) is 18.6 Å². The molecule has 27 heavy (non-hydrogen) atoms. The van der Waals surface area contributed by atoms with Gasteiger partial charge in [0.1, 0.15) is 6.10 Å². The molecule has 0 saturated heterocycles. The number of hydrogen-bond donors (Lipinski definition) is 3. The Labute approximate surface area is 161 Å². The van der Waals surface area contributed by atoms with Crippen molar-refractivity contribution in [2.75, 3.05) is 13.1 Å². The summed E-state index contributed by atoms with van der Waals surface area (Å²) in [7, 11) is 0. The summed E-state index contributed by atoms with van der Waals surface area (Å²) in [5.41, 5.74) is 0.389. The Hall–Kier alpha value is -1.30. The zero-order valence-corrected chi connectivity index (χ0v) is 16.3. The summed E-state index contributed by atoms with van der Waals surface area (Å²) in [6.07, 6.45) is 4.61. The van der Waals surface area contributed by atoms with Crippen LogP contribution in [-0.2, 0) is 11.8 Å². The average molecular weight is 373 g/mol. The molecule has 1 aliphatic heterocycles. The van der Waals surface area contributed by atoms with Gasteiger partial charge in [0.25, 0.3) is 0 Å². The molecule has 0 amide bonds. The van der Waals surface area contributed by atoms with Gasteiger partial charge < -0.3 is 20.1 Å². The summed E-state index contributed by atoms with van der Waals surface area (Å²) in [4.78, 5) is 2.47. The molecule has 5 atom stereocenters. The number of ether oxygens (including phenoxy) is 1. The lowest BCUT2D eigenvalue weighted by Gasteiger charge is -2.59. The first-order valence-corrected chi connectivity index (χ1v) is 10.6. The summed E-state index contributed by atoms with van der Waals surface area (Å²) in [6.45, 7) is 6.17. The maximum Gasteiger partial charge on any atom is 0.165 e. The van der Waals surface area contributed by atoms with Crippen molar-refractivity contribution in [1.29, 1.82) is 0 Å². The molecule has 5 unspecified atom stereocenters. The van der Waals surface area contributed by atoms with Crippen molar-refractivity contribution in [1.82, 2.24) is 4.90 Å². The Balaban J connectivity index is 1.63. The molecule has 2 saturated carbocycles. The molecule has 0 spiro atoms. The van der Waals surface area contributed by atoms with E-state index in [1.165, 1.54) is 19.3 Å². The quantitative estimate of drug-likeness (QED) is 0.756. The number of aliphatic hydroxyl groups excluding tert-OH is 1. The van der Waals surface area contributed by atoms with Gasteiger partial charge in [0.05, 0.1) is 17.1 Å². The number of benzene rings is 1. The molecular weight excluding hydrogens is 342 g/mol. The Morgan fingerprint density at radius 3 is 2.70 bits per heavy atom. The van der Waals surface area contributed by atoms with Gasteiger partial charge in [-0.3, -0.25) is 4.90 Å². The van der Waals surface area contributed by atoms with E-state index in [1.54, 1.807) is 6.07 Å². The van der Waals surface area contributed by atoms with E-state index in [1.807, 2.05) is 13.0 Å². The third kappa shape index (κ3) is 2.16. The van der Waals surface area contributed by atoms with Crippen molar-refractivity contribution in [2.45, 2.75) is 81.6 Å². The molecule has 4 aliphatic rings. The number of phenolic OH excluding ortho intramolecular Hbond substituents is 1. The highest BCUT2D eigenvalue weighted by atomic mass is 16.5. The van der Waals surface area contributed by atoms with Crippen LogP contribution in [0.1, 0.15) is 57.1 Å². The molecule has 1 aromatic rings. The van der Waals surface area contributed by atoms with Gasteiger partial charge in [-0.2, -0.15) is 0 Å². The van der Waals surface area contributed by atoms with Crippen molar-refractivity contribution in [2.24, 2.45) is 5.92 Å². The number of rotatable bonds is 4. The zero-order valence-electron chi connectivity index (χ0n) is 16.3. The molecule has 5 heteroatoms. The fourth-order valence-corrected chi connectivity index (χ4v) is 6.37. The second-order valence-corrected chi connectivity index (χ2v) is 9.32. The van der Waals surface area contributed by atoms with Crippen molar-refractivity contribution in [3.8, 4) is 11.5 Å². The van der Waals surface area contributed by atoms with Crippen molar-refractivity contribution in [3.63, 3.8) is 0 Å². The van der Waals surface area contributed by atoms with Crippen LogP contribution in [0.5, 0.6) is 11.5 Å². The fraction of sp³-hybridized carbons (Fsp3) is 0.727. The Morgan fingerprint density at radius 2 is 2.04 bits per heavy atom. The van der Waals surface area contributed by atoms with Crippen LogP contribution >= 0.6 is 0 Å². The first-order chi connectivity index (χ1) is 12.9. The summed E-state index contributed by atoms with van der Waals surface area (Å²) in [5.74, 6) is 1.32. The molecule has 0 bridgehead atoms. The van der Waals surface area contributed by atoms with Gasteiger partial charge in [0, 0.05) is 18.2 Å². The zero-order chi connectivity index (χ0) is 19.0. The minimum absolute atomic E-state index is 0.00897. The first kappa shape index (κ1) is 17.8. The van der Waals surface area contributed by atoms with Crippen molar-refractivity contribution in [3.05, 3.63) is 23.3 Å². The highest BCUT2D eigenvalue weighted by Crippen LogP contribution is 2.62. The molecule has 5 rings (SSSR count). The van der Waals surface area contributed by atoms with Crippen LogP contribution in [0, 0.1) is 5.92 Å². The molecule has 0 radical (unpaired) electrons. The van der Waals surface area contributed by atoms with E-state index < -0.39 is 23.2 Å². The van der Waals surface area contributed by atoms with Crippen molar-refractivity contribution < 1.29 is 20.1 Å². The van der Waals surface area contributed by atoms with Crippen LogP contribution in [-0.4, -0.2) is 57.2 Å². The molecule has 3 aliphatic carbocycles. The number of aliphatic hydroxyl groups is 2. The summed E-state index contributed by atoms with van der Waals surface area (Å²) in [6, 6.07) is 3.69. The third-order valence-electron chi connectivity index (χ3n) is 8.16. The third-order valence-corrected chi connectivity index (χ3v) is 8.16. The Bertz CT molecular complexity index is 763. The van der Waals surface area contributed by atoms with Crippen LogP contribution in [0.3, 0.4) is 0 Å². The lowest BCUT2D eigenvalue weighted by atomic mass is 9.52. The van der Waals surface area contributed by atoms with E-state index >= 15 is 0 Å². The maximum atomic E-state index is 12.2. The second kappa shape index (κ2) is 5.85.